The number of aliphatic carboxylic acids is 1. The summed E-state index contributed by atoms with van der Waals surface area (Å²) in [6.07, 6.45) is 4.31. The number of carbonyl (C=O) groups excluding carboxylic acids is 1. The molecule has 0 aliphatic heterocycles. The first-order chi connectivity index (χ1) is 8.06. The summed E-state index contributed by atoms with van der Waals surface area (Å²) in [5.41, 5.74) is 4.30. The number of hydrogen-bond acceptors (Lipinski definition) is 4. The van der Waals surface area contributed by atoms with Crippen LogP contribution in [0.15, 0.2) is 23.8 Å². The van der Waals surface area contributed by atoms with Crippen molar-refractivity contribution in [2.24, 2.45) is 11.1 Å². The highest BCUT2D eigenvalue weighted by molar-refractivity contribution is 5.93. The Hall–Kier alpha value is -1.62. The average Bonchev–Trinajstić information content (AvgIpc) is 2.19. The molecule has 1 aliphatic carbocycles. The zero-order chi connectivity index (χ0) is 14.1. The summed E-state index contributed by atoms with van der Waals surface area (Å²) in [7, 11) is 0. The average molecular weight is 253 g/mol. The van der Waals surface area contributed by atoms with Crippen LogP contribution in [0.1, 0.15) is 27.7 Å². The molecule has 0 fully saturated rings. The lowest BCUT2D eigenvalue weighted by atomic mass is 9.78. The first-order valence-corrected chi connectivity index (χ1v) is 5.69. The maximum Gasteiger partial charge on any atom is 0.338 e. The van der Waals surface area contributed by atoms with Crippen LogP contribution in [0.5, 0.6) is 0 Å². The molecule has 2 unspecified atom stereocenters. The highest BCUT2D eigenvalue weighted by Gasteiger charge is 2.39. The number of hydrogen-bond donors (Lipinski definition) is 2. The van der Waals surface area contributed by atoms with E-state index in [1.54, 1.807) is 20.8 Å². The van der Waals surface area contributed by atoms with E-state index in [1.807, 2.05) is 0 Å². The van der Waals surface area contributed by atoms with E-state index in [-0.39, 0.29) is 5.57 Å². The zero-order valence-corrected chi connectivity index (χ0v) is 11.1. The van der Waals surface area contributed by atoms with Crippen LogP contribution in [0, 0.1) is 5.41 Å². The van der Waals surface area contributed by atoms with Crippen molar-refractivity contribution in [1.29, 1.82) is 0 Å². The standard InChI is InChI=1S/C13H19NO4/c1-12(2,3)18-10(15)8-5-6-13(4,11(16)17)9(14)7-8/h5-7,9H,14H2,1-4H3,(H,16,17). The molecular weight excluding hydrogens is 234 g/mol. The Kier molecular flexibility index (Phi) is 3.67. The van der Waals surface area contributed by atoms with Crippen molar-refractivity contribution in [3.8, 4) is 0 Å². The van der Waals surface area contributed by atoms with Crippen molar-refractivity contribution < 1.29 is 19.4 Å². The third-order valence-corrected chi connectivity index (χ3v) is 2.76. The Bertz CT molecular complexity index is 431. The van der Waals surface area contributed by atoms with Crippen molar-refractivity contribution in [2.45, 2.75) is 39.3 Å². The molecule has 0 amide bonds. The molecule has 0 bridgehead atoms. The molecule has 0 heterocycles. The van der Waals surface area contributed by atoms with Gasteiger partial charge in [0.2, 0.25) is 0 Å². The number of nitrogens with two attached hydrogens (primary N) is 1. The van der Waals surface area contributed by atoms with Crippen molar-refractivity contribution in [2.75, 3.05) is 0 Å². The molecule has 2 atom stereocenters. The van der Waals surface area contributed by atoms with E-state index >= 15 is 0 Å². The summed E-state index contributed by atoms with van der Waals surface area (Å²) < 4.78 is 5.19. The van der Waals surface area contributed by atoms with Gasteiger partial charge >= 0.3 is 11.9 Å². The lowest BCUT2D eigenvalue weighted by molar-refractivity contribution is -0.150. The lowest BCUT2D eigenvalue weighted by Crippen LogP contribution is -2.44. The highest BCUT2D eigenvalue weighted by atomic mass is 16.6. The first-order valence-electron chi connectivity index (χ1n) is 5.69. The Morgan fingerprint density at radius 1 is 1.44 bits per heavy atom. The van der Waals surface area contributed by atoms with E-state index in [4.69, 9.17) is 15.6 Å². The van der Waals surface area contributed by atoms with Gasteiger partial charge in [-0.3, -0.25) is 4.79 Å². The van der Waals surface area contributed by atoms with Crippen molar-refractivity contribution in [3.05, 3.63) is 23.8 Å². The summed E-state index contributed by atoms with van der Waals surface area (Å²) in [4.78, 5) is 22.9. The number of rotatable bonds is 2. The number of carboxylic acids is 1. The van der Waals surface area contributed by atoms with Gasteiger partial charge in [-0.15, -0.1) is 0 Å². The molecular formula is C13H19NO4. The fraction of sp³-hybridized carbons (Fsp3) is 0.538. The minimum Gasteiger partial charge on any atom is -0.481 e. The van der Waals surface area contributed by atoms with Gasteiger partial charge in [-0.05, 0) is 27.7 Å². The topological polar surface area (TPSA) is 89.6 Å². The lowest BCUT2D eigenvalue weighted by Gasteiger charge is -2.30. The van der Waals surface area contributed by atoms with Crippen LogP contribution in [0.4, 0.5) is 0 Å². The Morgan fingerprint density at radius 3 is 2.39 bits per heavy atom. The summed E-state index contributed by atoms with van der Waals surface area (Å²) in [5.74, 6) is -1.52. The molecule has 3 N–H and O–H groups in total. The largest absolute Gasteiger partial charge is 0.481 e. The second kappa shape index (κ2) is 4.57. The Labute approximate surface area is 106 Å². The van der Waals surface area contributed by atoms with Gasteiger partial charge in [0, 0.05) is 6.04 Å². The first kappa shape index (κ1) is 14.4. The highest BCUT2D eigenvalue weighted by Crippen LogP contribution is 2.29. The van der Waals surface area contributed by atoms with Crippen LogP contribution in [-0.4, -0.2) is 28.7 Å². The number of esters is 1. The van der Waals surface area contributed by atoms with Gasteiger partial charge in [-0.2, -0.15) is 0 Å². The molecule has 0 saturated carbocycles. The van der Waals surface area contributed by atoms with Gasteiger partial charge in [0.25, 0.3) is 0 Å². The molecule has 0 aromatic carbocycles. The molecule has 100 valence electrons. The van der Waals surface area contributed by atoms with Crippen molar-refractivity contribution in [3.63, 3.8) is 0 Å². The maximum atomic E-state index is 11.8. The summed E-state index contributed by atoms with van der Waals surface area (Å²) in [5, 5.41) is 9.10. The van der Waals surface area contributed by atoms with E-state index in [2.05, 4.69) is 0 Å². The molecule has 0 aromatic rings. The van der Waals surface area contributed by atoms with E-state index in [1.165, 1.54) is 25.2 Å². The molecule has 1 aliphatic rings. The smallest absolute Gasteiger partial charge is 0.338 e. The summed E-state index contributed by atoms with van der Waals surface area (Å²) in [6.45, 7) is 6.80. The molecule has 1 rings (SSSR count). The minimum absolute atomic E-state index is 0.288. The van der Waals surface area contributed by atoms with E-state index in [9.17, 15) is 9.59 Å². The van der Waals surface area contributed by atoms with E-state index in [0.717, 1.165) is 0 Å². The van der Waals surface area contributed by atoms with Crippen LogP contribution in [-0.2, 0) is 14.3 Å². The van der Waals surface area contributed by atoms with Crippen molar-refractivity contribution in [1.82, 2.24) is 0 Å². The molecule has 5 nitrogen and oxygen atoms in total. The monoisotopic (exact) mass is 253 g/mol. The maximum absolute atomic E-state index is 11.8. The second-order valence-electron chi connectivity index (χ2n) is 5.57. The molecule has 0 radical (unpaired) electrons. The molecule has 18 heavy (non-hydrogen) atoms. The predicted molar refractivity (Wildman–Crippen MR) is 66.8 cm³/mol. The van der Waals surface area contributed by atoms with Gasteiger partial charge in [-0.25, -0.2) is 4.79 Å². The van der Waals surface area contributed by atoms with E-state index in [0.29, 0.717) is 0 Å². The van der Waals surface area contributed by atoms with Crippen LogP contribution in [0.3, 0.4) is 0 Å². The van der Waals surface area contributed by atoms with Gasteiger partial charge in [0.05, 0.1) is 5.57 Å². The minimum atomic E-state index is -1.19. The third kappa shape index (κ3) is 2.98. The number of carboxylic acid groups (broad SMARTS) is 1. The fourth-order valence-corrected chi connectivity index (χ4v) is 1.48. The fourth-order valence-electron chi connectivity index (χ4n) is 1.48. The Morgan fingerprint density at radius 2 is 2.00 bits per heavy atom. The van der Waals surface area contributed by atoms with E-state index < -0.39 is 29.0 Å². The normalized spacial score (nSPS) is 27.6. The van der Waals surface area contributed by atoms with Crippen molar-refractivity contribution >= 4 is 11.9 Å². The summed E-state index contributed by atoms with van der Waals surface area (Å²) >= 11 is 0. The second-order valence-corrected chi connectivity index (χ2v) is 5.57. The van der Waals surface area contributed by atoms with Gasteiger partial charge < -0.3 is 15.6 Å². The quantitative estimate of drug-likeness (QED) is 0.723. The Balaban J connectivity index is 2.90. The molecule has 0 aromatic heterocycles. The SMILES string of the molecule is CC(C)(C)OC(=O)C1=CC(N)C(C)(C(=O)O)C=C1. The molecule has 5 heteroatoms. The van der Waals surface area contributed by atoms with Gasteiger partial charge in [0.1, 0.15) is 11.0 Å². The zero-order valence-electron chi connectivity index (χ0n) is 11.1. The number of carbonyl (C=O) groups is 2. The third-order valence-electron chi connectivity index (χ3n) is 2.76. The van der Waals surface area contributed by atoms with Gasteiger partial charge in [-0.1, -0.05) is 18.2 Å². The van der Waals surface area contributed by atoms with Crippen LogP contribution < -0.4 is 5.73 Å². The predicted octanol–water partition coefficient (Wildman–Crippen LogP) is 1.24. The summed E-state index contributed by atoms with van der Waals surface area (Å²) in [6, 6.07) is -0.762. The molecule has 0 spiro atoms. The molecule has 0 saturated heterocycles. The van der Waals surface area contributed by atoms with Crippen LogP contribution in [0.25, 0.3) is 0 Å². The van der Waals surface area contributed by atoms with Crippen LogP contribution in [0.2, 0.25) is 0 Å². The number of ether oxygens (including phenoxy) is 1. The van der Waals surface area contributed by atoms with Crippen LogP contribution >= 0.6 is 0 Å². The van der Waals surface area contributed by atoms with Gasteiger partial charge in [0.15, 0.2) is 0 Å².